The molecule has 0 spiro atoms. The topological polar surface area (TPSA) is 64.3 Å². The predicted molar refractivity (Wildman–Crippen MR) is 75.0 cm³/mol. The summed E-state index contributed by atoms with van der Waals surface area (Å²) < 4.78 is 5.13. The molecule has 19 heavy (non-hydrogen) atoms. The van der Waals surface area contributed by atoms with Gasteiger partial charge in [-0.15, -0.1) is 0 Å². The Morgan fingerprint density at radius 2 is 2.00 bits per heavy atom. The summed E-state index contributed by atoms with van der Waals surface area (Å²) in [6.07, 6.45) is 0. The summed E-state index contributed by atoms with van der Waals surface area (Å²) in [6.45, 7) is 0.449. The normalized spacial score (nSPS) is 9.95. The SMILES string of the molecule is COc1cccc(CNC(=O)c2cccc(N)c2)c1. The molecule has 98 valence electrons. The van der Waals surface area contributed by atoms with Crippen molar-refractivity contribution in [3.8, 4) is 5.75 Å². The number of nitrogens with two attached hydrogens (primary N) is 1. The first kappa shape index (κ1) is 13.0. The van der Waals surface area contributed by atoms with Gasteiger partial charge in [0.1, 0.15) is 5.75 Å². The molecule has 0 saturated carbocycles. The Morgan fingerprint density at radius 1 is 1.21 bits per heavy atom. The molecule has 0 atom stereocenters. The van der Waals surface area contributed by atoms with Crippen LogP contribution in [0.3, 0.4) is 0 Å². The molecular formula is C15H16N2O2. The first-order valence-electron chi connectivity index (χ1n) is 5.96. The van der Waals surface area contributed by atoms with Crippen molar-refractivity contribution in [3.63, 3.8) is 0 Å². The maximum Gasteiger partial charge on any atom is 0.251 e. The molecule has 0 heterocycles. The smallest absolute Gasteiger partial charge is 0.251 e. The maximum absolute atomic E-state index is 11.9. The molecular weight excluding hydrogens is 240 g/mol. The van der Waals surface area contributed by atoms with Gasteiger partial charge in [-0.3, -0.25) is 4.79 Å². The highest BCUT2D eigenvalue weighted by atomic mass is 16.5. The number of methoxy groups -OCH3 is 1. The van der Waals surface area contributed by atoms with Crippen LogP contribution in [-0.4, -0.2) is 13.0 Å². The number of benzene rings is 2. The van der Waals surface area contributed by atoms with Crippen LogP contribution in [-0.2, 0) is 6.54 Å². The first-order chi connectivity index (χ1) is 9.19. The summed E-state index contributed by atoms with van der Waals surface area (Å²) >= 11 is 0. The van der Waals surface area contributed by atoms with Crippen LogP contribution in [0.2, 0.25) is 0 Å². The van der Waals surface area contributed by atoms with E-state index in [2.05, 4.69) is 5.32 Å². The van der Waals surface area contributed by atoms with Crippen LogP contribution in [0.15, 0.2) is 48.5 Å². The summed E-state index contributed by atoms with van der Waals surface area (Å²) in [5, 5.41) is 2.84. The minimum absolute atomic E-state index is 0.143. The highest BCUT2D eigenvalue weighted by Crippen LogP contribution is 2.12. The molecule has 0 unspecified atom stereocenters. The average Bonchev–Trinajstić information content (AvgIpc) is 2.45. The number of nitrogens with one attached hydrogen (secondary N) is 1. The zero-order chi connectivity index (χ0) is 13.7. The number of anilines is 1. The zero-order valence-electron chi connectivity index (χ0n) is 10.7. The van der Waals surface area contributed by atoms with Gasteiger partial charge in [0.15, 0.2) is 0 Å². The van der Waals surface area contributed by atoms with Crippen molar-refractivity contribution in [1.82, 2.24) is 5.32 Å². The van der Waals surface area contributed by atoms with Gasteiger partial charge in [0.2, 0.25) is 0 Å². The van der Waals surface area contributed by atoms with Crippen LogP contribution in [0.5, 0.6) is 5.75 Å². The summed E-state index contributed by atoms with van der Waals surface area (Å²) in [6, 6.07) is 14.5. The third kappa shape index (κ3) is 3.48. The lowest BCUT2D eigenvalue weighted by Gasteiger charge is -2.07. The number of carbonyl (C=O) groups excluding carboxylic acids is 1. The second kappa shape index (κ2) is 5.91. The fourth-order valence-electron chi connectivity index (χ4n) is 1.75. The number of carbonyl (C=O) groups is 1. The molecule has 0 fully saturated rings. The van der Waals surface area contributed by atoms with Crippen molar-refractivity contribution in [1.29, 1.82) is 0 Å². The average molecular weight is 256 g/mol. The van der Waals surface area contributed by atoms with E-state index in [9.17, 15) is 4.79 Å². The van der Waals surface area contributed by atoms with Gasteiger partial charge in [-0.1, -0.05) is 18.2 Å². The summed E-state index contributed by atoms with van der Waals surface area (Å²) in [7, 11) is 1.62. The molecule has 4 heteroatoms. The third-order valence-corrected chi connectivity index (χ3v) is 2.74. The molecule has 2 aromatic rings. The van der Waals surface area contributed by atoms with E-state index in [1.54, 1.807) is 31.4 Å². The Kier molecular flexibility index (Phi) is 4.03. The molecule has 0 aliphatic rings. The molecule has 0 aliphatic heterocycles. The summed E-state index contributed by atoms with van der Waals surface area (Å²) in [4.78, 5) is 11.9. The van der Waals surface area contributed by atoms with Gasteiger partial charge in [-0.2, -0.15) is 0 Å². The number of hydrogen-bond acceptors (Lipinski definition) is 3. The van der Waals surface area contributed by atoms with Gasteiger partial charge in [-0.05, 0) is 35.9 Å². The van der Waals surface area contributed by atoms with Crippen LogP contribution >= 0.6 is 0 Å². The summed E-state index contributed by atoms with van der Waals surface area (Å²) in [5.74, 6) is 0.630. The zero-order valence-corrected chi connectivity index (χ0v) is 10.7. The molecule has 1 amide bonds. The fourth-order valence-corrected chi connectivity index (χ4v) is 1.75. The lowest BCUT2D eigenvalue weighted by molar-refractivity contribution is 0.0951. The Morgan fingerprint density at radius 3 is 2.74 bits per heavy atom. The number of rotatable bonds is 4. The molecule has 0 aliphatic carbocycles. The van der Waals surface area contributed by atoms with Gasteiger partial charge < -0.3 is 15.8 Å². The van der Waals surface area contributed by atoms with Crippen LogP contribution in [0.25, 0.3) is 0 Å². The monoisotopic (exact) mass is 256 g/mol. The van der Waals surface area contributed by atoms with E-state index in [-0.39, 0.29) is 5.91 Å². The second-order valence-electron chi connectivity index (χ2n) is 4.16. The lowest BCUT2D eigenvalue weighted by Crippen LogP contribution is -2.22. The van der Waals surface area contributed by atoms with Crippen molar-refractivity contribution in [2.45, 2.75) is 6.54 Å². The molecule has 3 N–H and O–H groups in total. The van der Waals surface area contributed by atoms with Crippen molar-refractivity contribution >= 4 is 11.6 Å². The van der Waals surface area contributed by atoms with Gasteiger partial charge in [0, 0.05) is 17.8 Å². The minimum Gasteiger partial charge on any atom is -0.497 e. The van der Waals surface area contributed by atoms with E-state index in [1.807, 2.05) is 24.3 Å². The molecule has 0 radical (unpaired) electrons. The van der Waals surface area contributed by atoms with Gasteiger partial charge in [0.05, 0.1) is 7.11 Å². The molecule has 0 bridgehead atoms. The molecule has 0 saturated heterocycles. The number of amides is 1. The summed E-state index contributed by atoms with van der Waals surface area (Å²) in [5.41, 5.74) is 7.76. The van der Waals surface area contributed by atoms with Gasteiger partial charge in [0.25, 0.3) is 5.91 Å². The largest absolute Gasteiger partial charge is 0.497 e. The first-order valence-corrected chi connectivity index (χ1v) is 5.96. The third-order valence-electron chi connectivity index (χ3n) is 2.74. The maximum atomic E-state index is 11.9. The van der Waals surface area contributed by atoms with E-state index < -0.39 is 0 Å². The Hall–Kier alpha value is -2.49. The van der Waals surface area contributed by atoms with Gasteiger partial charge in [-0.25, -0.2) is 0 Å². The standard InChI is InChI=1S/C15H16N2O2/c1-19-14-7-2-4-11(8-14)10-17-15(18)12-5-3-6-13(16)9-12/h2-9H,10,16H2,1H3,(H,17,18). The van der Waals surface area contributed by atoms with Crippen LogP contribution in [0, 0.1) is 0 Å². The highest BCUT2D eigenvalue weighted by molar-refractivity contribution is 5.94. The van der Waals surface area contributed by atoms with Crippen molar-refractivity contribution in [2.24, 2.45) is 0 Å². The van der Waals surface area contributed by atoms with Crippen molar-refractivity contribution in [2.75, 3.05) is 12.8 Å². The van der Waals surface area contributed by atoms with Gasteiger partial charge >= 0.3 is 0 Å². The van der Waals surface area contributed by atoms with E-state index in [0.29, 0.717) is 17.8 Å². The molecule has 2 aromatic carbocycles. The van der Waals surface area contributed by atoms with Crippen LogP contribution < -0.4 is 15.8 Å². The number of ether oxygens (including phenoxy) is 1. The van der Waals surface area contributed by atoms with Crippen molar-refractivity contribution in [3.05, 3.63) is 59.7 Å². The minimum atomic E-state index is -0.143. The fraction of sp³-hybridized carbons (Fsp3) is 0.133. The van der Waals surface area contributed by atoms with E-state index >= 15 is 0 Å². The molecule has 4 nitrogen and oxygen atoms in total. The Labute approximate surface area is 112 Å². The lowest BCUT2D eigenvalue weighted by atomic mass is 10.1. The highest BCUT2D eigenvalue weighted by Gasteiger charge is 2.05. The van der Waals surface area contributed by atoms with Crippen molar-refractivity contribution < 1.29 is 9.53 Å². The second-order valence-corrected chi connectivity index (χ2v) is 4.16. The molecule has 2 rings (SSSR count). The van der Waals surface area contributed by atoms with Crippen LogP contribution in [0.1, 0.15) is 15.9 Å². The molecule has 0 aromatic heterocycles. The quantitative estimate of drug-likeness (QED) is 0.824. The Bertz CT molecular complexity index is 582. The number of hydrogen-bond donors (Lipinski definition) is 2. The number of nitrogen functional groups attached to an aromatic ring is 1. The van der Waals surface area contributed by atoms with E-state index in [1.165, 1.54) is 0 Å². The van der Waals surface area contributed by atoms with E-state index in [4.69, 9.17) is 10.5 Å². The predicted octanol–water partition coefficient (Wildman–Crippen LogP) is 2.21. The Balaban J connectivity index is 2.00. The van der Waals surface area contributed by atoms with Crippen LogP contribution in [0.4, 0.5) is 5.69 Å². The van der Waals surface area contributed by atoms with E-state index in [0.717, 1.165) is 11.3 Å².